The summed E-state index contributed by atoms with van der Waals surface area (Å²) in [6, 6.07) is 7.09. The van der Waals surface area contributed by atoms with Crippen molar-refractivity contribution < 1.29 is 9.59 Å². The molecule has 0 saturated carbocycles. The van der Waals surface area contributed by atoms with Gasteiger partial charge in [0.05, 0.1) is 0 Å². The SMILES string of the molecule is C/C=C(\C)C(=O)NC(=S)NNC(=O)c1ccc(N(C)C)cc1. The van der Waals surface area contributed by atoms with Crippen LogP contribution in [0.1, 0.15) is 24.2 Å². The van der Waals surface area contributed by atoms with E-state index in [2.05, 4.69) is 16.2 Å². The number of benzene rings is 1. The number of carbonyl (C=O) groups excluding carboxylic acids is 2. The second-order valence-corrected chi connectivity index (χ2v) is 5.18. The highest BCUT2D eigenvalue weighted by Gasteiger charge is 2.08. The second kappa shape index (κ2) is 8.14. The third-order valence-corrected chi connectivity index (χ3v) is 3.16. The average Bonchev–Trinajstić information content (AvgIpc) is 2.51. The summed E-state index contributed by atoms with van der Waals surface area (Å²) in [5.74, 6) is -0.658. The summed E-state index contributed by atoms with van der Waals surface area (Å²) >= 11 is 4.93. The lowest BCUT2D eigenvalue weighted by molar-refractivity contribution is -0.116. The minimum Gasteiger partial charge on any atom is -0.378 e. The number of carbonyl (C=O) groups is 2. The van der Waals surface area contributed by atoms with Crippen molar-refractivity contribution in [1.82, 2.24) is 16.2 Å². The number of hydrogen-bond acceptors (Lipinski definition) is 4. The van der Waals surface area contributed by atoms with Gasteiger partial charge in [-0.3, -0.25) is 25.8 Å². The number of rotatable bonds is 3. The number of nitrogens with one attached hydrogen (secondary N) is 3. The van der Waals surface area contributed by atoms with Crippen LogP contribution < -0.4 is 21.1 Å². The molecule has 0 aromatic heterocycles. The first-order valence-electron chi connectivity index (χ1n) is 6.67. The van der Waals surface area contributed by atoms with E-state index in [1.54, 1.807) is 32.1 Å². The Balaban J connectivity index is 2.52. The Morgan fingerprint density at radius 3 is 2.23 bits per heavy atom. The minimum absolute atomic E-state index is 0.0319. The lowest BCUT2D eigenvalue weighted by Crippen LogP contribution is -2.48. The molecule has 0 atom stereocenters. The normalized spacial score (nSPS) is 10.6. The fourth-order valence-corrected chi connectivity index (χ4v) is 1.60. The number of amides is 2. The summed E-state index contributed by atoms with van der Waals surface area (Å²) in [6.45, 7) is 3.42. The van der Waals surface area contributed by atoms with Gasteiger partial charge in [-0.15, -0.1) is 0 Å². The van der Waals surface area contributed by atoms with Gasteiger partial charge in [-0.1, -0.05) is 6.08 Å². The molecule has 0 saturated heterocycles. The number of nitrogens with zero attached hydrogens (tertiary/aromatic N) is 1. The molecule has 7 heteroatoms. The van der Waals surface area contributed by atoms with E-state index in [9.17, 15) is 9.59 Å². The zero-order chi connectivity index (χ0) is 16.7. The standard InChI is InChI=1S/C15H20N4O2S/c1-5-10(2)13(20)16-15(22)18-17-14(21)11-6-8-12(9-7-11)19(3)4/h5-9H,1-4H3,(H,17,21)(H2,16,18,20,22)/b10-5+. The Morgan fingerprint density at radius 1 is 1.14 bits per heavy atom. The van der Waals surface area contributed by atoms with Crippen molar-refractivity contribution in [2.24, 2.45) is 0 Å². The molecule has 0 heterocycles. The van der Waals surface area contributed by atoms with E-state index in [0.717, 1.165) is 5.69 Å². The van der Waals surface area contributed by atoms with Gasteiger partial charge in [-0.2, -0.15) is 0 Å². The highest BCUT2D eigenvalue weighted by molar-refractivity contribution is 7.80. The number of hydrogen-bond donors (Lipinski definition) is 3. The van der Waals surface area contributed by atoms with Gasteiger partial charge in [0, 0.05) is 30.9 Å². The second-order valence-electron chi connectivity index (χ2n) is 4.78. The molecule has 6 nitrogen and oxygen atoms in total. The van der Waals surface area contributed by atoms with E-state index in [4.69, 9.17) is 12.2 Å². The first kappa shape index (κ1) is 17.6. The van der Waals surface area contributed by atoms with Gasteiger partial charge < -0.3 is 4.90 Å². The van der Waals surface area contributed by atoms with E-state index < -0.39 is 0 Å². The number of hydrazine groups is 1. The van der Waals surface area contributed by atoms with Crippen LogP contribution in [0.25, 0.3) is 0 Å². The maximum Gasteiger partial charge on any atom is 0.269 e. The zero-order valence-corrected chi connectivity index (χ0v) is 13.9. The van der Waals surface area contributed by atoms with Gasteiger partial charge in [-0.05, 0) is 50.3 Å². The summed E-state index contributed by atoms with van der Waals surface area (Å²) in [4.78, 5) is 25.5. The van der Waals surface area contributed by atoms with E-state index in [0.29, 0.717) is 11.1 Å². The average molecular weight is 320 g/mol. The molecule has 0 radical (unpaired) electrons. The topological polar surface area (TPSA) is 73.5 Å². The van der Waals surface area contributed by atoms with Crippen LogP contribution in [-0.2, 0) is 4.79 Å². The Kier molecular flexibility index (Phi) is 6.52. The molecule has 1 rings (SSSR count). The Bertz CT molecular complexity index is 594. The molecule has 0 bridgehead atoms. The van der Waals surface area contributed by atoms with E-state index >= 15 is 0 Å². The summed E-state index contributed by atoms with van der Waals surface area (Å²) in [7, 11) is 3.84. The number of allylic oxidation sites excluding steroid dienone is 1. The predicted octanol–water partition coefficient (Wildman–Crippen LogP) is 1.35. The van der Waals surface area contributed by atoms with Crippen molar-refractivity contribution in [2.45, 2.75) is 13.8 Å². The van der Waals surface area contributed by atoms with Gasteiger partial charge in [0.2, 0.25) is 0 Å². The number of anilines is 1. The Labute approximate surface area is 135 Å². The minimum atomic E-state index is -0.343. The highest BCUT2D eigenvalue weighted by atomic mass is 32.1. The molecular formula is C15H20N4O2S. The molecule has 0 spiro atoms. The highest BCUT2D eigenvalue weighted by Crippen LogP contribution is 2.11. The third-order valence-electron chi connectivity index (χ3n) is 2.95. The van der Waals surface area contributed by atoms with Gasteiger partial charge in [0.15, 0.2) is 5.11 Å². The molecule has 0 aliphatic heterocycles. The van der Waals surface area contributed by atoms with E-state index in [1.807, 2.05) is 31.1 Å². The molecule has 22 heavy (non-hydrogen) atoms. The smallest absolute Gasteiger partial charge is 0.269 e. The quantitative estimate of drug-likeness (QED) is 0.445. The predicted molar refractivity (Wildman–Crippen MR) is 91.5 cm³/mol. The summed E-state index contributed by atoms with van der Waals surface area (Å²) in [5, 5.41) is 2.49. The first-order chi connectivity index (χ1) is 10.3. The summed E-state index contributed by atoms with van der Waals surface area (Å²) < 4.78 is 0. The molecule has 3 N–H and O–H groups in total. The zero-order valence-electron chi connectivity index (χ0n) is 13.1. The molecule has 0 aliphatic carbocycles. The fraction of sp³-hybridized carbons (Fsp3) is 0.267. The number of thiocarbonyl (C=S) groups is 1. The molecule has 0 unspecified atom stereocenters. The monoisotopic (exact) mass is 320 g/mol. The Hall–Kier alpha value is -2.41. The van der Waals surface area contributed by atoms with Crippen molar-refractivity contribution in [3.05, 3.63) is 41.5 Å². The third kappa shape index (κ3) is 5.17. The van der Waals surface area contributed by atoms with E-state index in [1.165, 1.54) is 0 Å². The van der Waals surface area contributed by atoms with Crippen LogP contribution in [0.15, 0.2) is 35.9 Å². The Morgan fingerprint density at radius 2 is 1.73 bits per heavy atom. The van der Waals surface area contributed by atoms with Crippen LogP contribution in [0.5, 0.6) is 0 Å². The summed E-state index contributed by atoms with van der Waals surface area (Å²) in [6.07, 6.45) is 1.67. The summed E-state index contributed by atoms with van der Waals surface area (Å²) in [5.41, 5.74) is 6.94. The largest absolute Gasteiger partial charge is 0.378 e. The van der Waals surface area contributed by atoms with Crippen LogP contribution in [0, 0.1) is 0 Å². The van der Waals surface area contributed by atoms with E-state index in [-0.39, 0.29) is 16.9 Å². The molecule has 1 aromatic rings. The molecule has 0 fully saturated rings. The van der Waals surface area contributed by atoms with Gasteiger partial charge in [-0.25, -0.2) is 0 Å². The van der Waals surface area contributed by atoms with Gasteiger partial charge >= 0.3 is 0 Å². The molecule has 2 amide bonds. The first-order valence-corrected chi connectivity index (χ1v) is 7.08. The lowest BCUT2D eigenvalue weighted by Gasteiger charge is -2.13. The molecule has 118 valence electrons. The van der Waals surface area contributed by atoms with Crippen LogP contribution in [0.2, 0.25) is 0 Å². The fourth-order valence-electron chi connectivity index (χ4n) is 1.46. The van der Waals surface area contributed by atoms with Crippen molar-refractivity contribution in [1.29, 1.82) is 0 Å². The van der Waals surface area contributed by atoms with Crippen molar-refractivity contribution in [3.63, 3.8) is 0 Å². The van der Waals surface area contributed by atoms with Gasteiger partial charge in [0.25, 0.3) is 11.8 Å². The van der Waals surface area contributed by atoms with Crippen molar-refractivity contribution in [2.75, 3.05) is 19.0 Å². The molecule has 1 aromatic carbocycles. The lowest BCUT2D eigenvalue weighted by atomic mass is 10.2. The van der Waals surface area contributed by atoms with Crippen molar-refractivity contribution in [3.8, 4) is 0 Å². The maximum absolute atomic E-state index is 11.9. The van der Waals surface area contributed by atoms with Crippen LogP contribution in [0.3, 0.4) is 0 Å². The van der Waals surface area contributed by atoms with Crippen molar-refractivity contribution >= 4 is 34.8 Å². The van der Waals surface area contributed by atoms with Crippen LogP contribution in [0.4, 0.5) is 5.69 Å². The molecular weight excluding hydrogens is 300 g/mol. The van der Waals surface area contributed by atoms with Crippen LogP contribution >= 0.6 is 12.2 Å². The van der Waals surface area contributed by atoms with Gasteiger partial charge in [0.1, 0.15) is 0 Å². The van der Waals surface area contributed by atoms with Crippen LogP contribution in [-0.4, -0.2) is 31.0 Å². The molecule has 0 aliphatic rings. The maximum atomic E-state index is 11.9.